The van der Waals surface area contributed by atoms with Gasteiger partial charge in [0.05, 0.1) is 0 Å². The summed E-state index contributed by atoms with van der Waals surface area (Å²) in [7, 11) is 0. The molecule has 0 spiro atoms. The van der Waals surface area contributed by atoms with Crippen molar-refractivity contribution >= 4 is 17.6 Å². The molecular formula is C18H14FN3O3. The molecule has 2 aromatic carbocycles. The molecule has 0 saturated carbocycles. The predicted molar refractivity (Wildman–Crippen MR) is 90.1 cm³/mol. The fraction of sp³-hybridized carbons (Fsp3) is 0.0556. The molecule has 0 fully saturated rings. The normalized spacial score (nSPS) is 10.5. The van der Waals surface area contributed by atoms with Gasteiger partial charge in [-0.05, 0) is 31.2 Å². The fourth-order valence-electron chi connectivity index (χ4n) is 2.44. The van der Waals surface area contributed by atoms with Crippen LogP contribution in [0, 0.1) is 12.7 Å². The molecule has 0 aliphatic rings. The number of anilines is 1. The minimum absolute atomic E-state index is 0.0245. The van der Waals surface area contributed by atoms with Gasteiger partial charge in [0.2, 0.25) is 0 Å². The highest BCUT2D eigenvalue weighted by Crippen LogP contribution is 2.31. The summed E-state index contributed by atoms with van der Waals surface area (Å²) in [5, 5.41) is 18.0. The van der Waals surface area contributed by atoms with E-state index in [1.54, 1.807) is 24.3 Å². The van der Waals surface area contributed by atoms with Crippen LogP contribution < -0.4 is 5.32 Å². The Morgan fingerprint density at radius 3 is 2.60 bits per heavy atom. The summed E-state index contributed by atoms with van der Waals surface area (Å²) < 4.78 is 14.1. The van der Waals surface area contributed by atoms with Crippen molar-refractivity contribution in [1.29, 1.82) is 0 Å². The third-order valence-electron chi connectivity index (χ3n) is 3.63. The predicted octanol–water partition coefficient (Wildman–Crippen LogP) is 3.47. The minimum atomic E-state index is -1.31. The molecule has 25 heavy (non-hydrogen) atoms. The Labute approximate surface area is 142 Å². The lowest BCUT2D eigenvalue weighted by molar-refractivity contribution is 0.0691. The first-order valence-electron chi connectivity index (χ1n) is 7.42. The fourth-order valence-corrected chi connectivity index (χ4v) is 2.44. The van der Waals surface area contributed by atoms with Crippen molar-refractivity contribution in [3.63, 3.8) is 0 Å². The van der Waals surface area contributed by atoms with E-state index in [4.69, 9.17) is 0 Å². The molecule has 3 N–H and O–H groups in total. The van der Waals surface area contributed by atoms with Gasteiger partial charge in [-0.15, -0.1) is 0 Å². The minimum Gasteiger partial charge on any atom is -0.476 e. The van der Waals surface area contributed by atoms with Gasteiger partial charge in [-0.25, -0.2) is 9.18 Å². The molecule has 0 unspecified atom stereocenters. The highest BCUT2D eigenvalue weighted by Gasteiger charge is 2.23. The zero-order chi connectivity index (χ0) is 18.0. The molecule has 3 aromatic rings. The van der Waals surface area contributed by atoms with Gasteiger partial charge >= 0.3 is 5.97 Å². The number of aromatic carboxylic acids is 1. The van der Waals surface area contributed by atoms with Crippen molar-refractivity contribution in [2.75, 3.05) is 5.32 Å². The van der Waals surface area contributed by atoms with E-state index in [1.807, 2.05) is 13.0 Å². The molecule has 126 valence electrons. The number of amides is 1. The van der Waals surface area contributed by atoms with Gasteiger partial charge in [0, 0.05) is 11.1 Å². The van der Waals surface area contributed by atoms with E-state index in [2.05, 4.69) is 15.5 Å². The maximum absolute atomic E-state index is 14.1. The van der Waals surface area contributed by atoms with E-state index in [0.717, 1.165) is 5.56 Å². The lowest BCUT2D eigenvalue weighted by atomic mass is 10.1. The van der Waals surface area contributed by atoms with Gasteiger partial charge in [0.1, 0.15) is 17.2 Å². The maximum Gasteiger partial charge on any atom is 0.356 e. The molecular weight excluding hydrogens is 325 g/mol. The zero-order valence-electron chi connectivity index (χ0n) is 13.2. The highest BCUT2D eigenvalue weighted by atomic mass is 19.1. The van der Waals surface area contributed by atoms with Crippen LogP contribution in [0.4, 0.5) is 10.1 Å². The first kappa shape index (κ1) is 16.4. The number of benzene rings is 2. The number of nitrogens with zero attached hydrogens (tertiary/aromatic N) is 1. The number of H-pyrrole nitrogens is 1. The number of nitrogens with one attached hydrogen (secondary N) is 2. The van der Waals surface area contributed by atoms with Crippen molar-refractivity contribution in [3.8, 4) is 11.3 Å². The summed E-state index contributed by atoms with van der Waals surface area (Å²) in [6.45, 7) is 1.84. The van der Waals surface area contributed by atoms with Crippen LogP contribution in [0.5, 0.6) is 0 Å². The number of aromatic nitrogens is 2. The number of hydrogen-bond donors (Lipinski definition) is 3. The number of hydrogen-bond acceptors (Lipinski definition) is 3. The topological polar surface area (TPSA) is 95.1 Å². The van der Waals surface area contributed by atoms with Crippen LogP contribution in [0.2, 0.25) is 0 Å². The number of carbonyl (C=O) groups is 2. The zero-order valence-corrected chi connectivity index (χ0v) is 13.2. The Balaban J connectivity index is 2.05. The summed E-state index contributed by atoms with van der Waals surface area (Å²) in [4.78, 5) is 23.9. The Kier molecular flexibility index (Phi) is 4.30. The Morgan fingerprint density at radius 2 is 1.92 bits per heavy atom. The molecule has 1 amide bonds. The van der Waals surface area contributed by atoms with Crippen molar-refractivity contribution < 1.29 is 19.1 Å². The van der Waals surface area contributed by atoms with E-state index < -0.39 is 17.7 Å². The van der Waals surface area contributed by atoms with Crippen molar-refractivity contribution in [1.82, 2.24) is 10.2 Å². The monoisotopic (exact) mass is 339 g/mol. The van der Waals surface area contributed by atoms with E-state index in [1.165, 1.54) is 18.2 Å². The summed E-state index contributed by atoms with van der Waals surface area (Å²) in [6.07, 6.45) is 0. The number of aryl methyl sites for hydroxylation is 1. The van der Waals surface area contributed by atoms with Gasteiger partial charge in [0.15, 0.2) is 5.69 Å². The number of carboxylic acid groups (broad SMARTS) is 1. The second-order valence-corrected chi connectivity index (χ2v) is 5.43. The highest BCUT2D eigenvalue weighted by molar-refractivity contribution is 6.09. The lowest BCUT2D eigenvalue weighted by Gasteiger charge is -2.08. The van der Waals surface area contributed by atoms with E-state index >= 15 is 0 Å². The number of aromatic amines is 1. The van der Waals surface area contributed by atoms with Crippen LogP contribution in [0.15, 0.2) is 48.5 Å². The van der Waals surface area contributed by atoms with Crippen LogP contribution in [0.3, 0.4) is 0 Å². The average Bonchev–Trinajstić information content (AvgIpc) is 2.99. The molecule has 0 aliphatic heterocycles. The Bertz CT molecular complexity index is 966. The Morgan fingerprint density at radius 1 is 1.16 bits per heavy atom. The molecule has 0 bridgehead atoms. The van der Waals surface area contributed by atoms with Crippen molar-refractivity contribution in [3.05, 3.63) is 71.2 Å². The molecule has 1 heterocycles. The molecule has 0 atom stereocenters. The van der Waals surface area contributed by atoms with Gasteiger partial charge in [-0.2, -0.15) is 5.10 Å². The second kappa shape index (κ2) is 6.56. The molecule has 7 heteroatoms. The lowest BCUT2D eigenvalue weighted by Crippen LogP contribution is -2.15. The third kappa shape index (κ3) is 3.25. The quantitative estimate of drug-likeness (QED) is 0.678. The van der Waals surface area contributed by atoms with Crippen LogP contribution in [-0.2, 0) is 0 Å². The van der Waals surface area contributed by atoms with Gasteiger partial charge in [-0.1, -0.05) is 29.8 Å². The van der Waals surface area contributed by atoms with Crippen LogP contribution in [0.1, 0.15) is 26.4 Å². The number of carboxylic acids is 1. The number of rotatable bonds is 4. The van der Waals surface area contributed by atoms with Crippen molar-refractivity contribution in [2.45, 2.75) is 6.92 Å². The van der Waals surface area contributed by atoms with E-state index in [0.29, 0.717) is 5.56 Å². The smallest absolute Gasteiger partial charge is 0.356 e. The standard InChI is InChI=1S/C18H14FN3O3/c1-10-5-4-6-11(9-10)17(23)20-15-14(21-22-16(15)18(24)25)12-7-2-3-8-13(12)19/h2-9H,1H3,(H,20,23)(H,21,22)(H,24,25). The Hall–Kier alpha value is -3.48. The van der Waals surface area contributed by atoms with Crippen LogP contribution in [0.25, 0.3) is 11.3 Å². The molecule has 6 nitrogen and oxygen atoms in total. The van der Waals surface area contributed by atoms with E-state index in [-0.39, 0.29) is 22.6 Å². The van der Waals surface area contributed by atoms with E-state index in [9.17, 15) is 19.1 Å². The molecule has 0 saturated heterocycles. The summed E-state index contributed by atoms with van der Waals surface area (Å²) in [5.74, 6) is -2.39. The first-order chi connectivity index (χ1) is 12.0. The summed E-state index contributed by atoms with van der Waals surface area (Å²) in [5.41, 5.74) is 0.954. The largest absolute Gasteiger partial charge is 0.476 e. The number of halogens is 1. The molecule has 3 rings (SSSR count). The summed E-state index contributed by atoms with van der Waals surface area (Å²) in [6, 6.07) is 12.6. The van der Waals surface area contributed by atoms with Gasteiger partial charge < -0.3 is 10.4 Å². The van der Waals surface area contributed by atoms with Crippen LogP contribution in [-0.4, -0.2) is 27.2 Å². The van der Waals surface area contributed by atoms with Crippen molar-refractivity contribution in [2.24, 2.45) is 0 Å². The summed E-state index contributed by atoms with van der Waals surface area (Å²) >= 11 is 0. The average molecular weight is 339 g/mol. The van der Waals surface area contributed by atoms with Crippen LogP contribution >= 0.6 is 0 Å². The SMILES string of the molecule is Cc1cccc(C(=O)Nc2c(-c3ccccc3F)n[nH]c2C(=O)O)c1. The third-order valence-corrected chi connectivity index (χ3v) is 3.63. The molecule has 0 radical (unpaired) electrons. The molecule has 0 aliphatic carbocycles. The maximum atomic E-state index is 14.1. The van der Waals surface area contributed by atoms with Gasteiger partial charge in [0.25, 0.3) is 5.91 Å². The number of carbonyl (C=O) groups excluding carboxylic acids is 1. The van der Waals surface area contributed by atoms with Gasteiger partial charge in [-0.3, -0.25) is 9.89 Å². The second-order valence-electron chi connectivity index (χ2n) is 5.43. The first-order valence-corrected chi connectivity index (χ1v) is 7.42. The molecule has 1 aromatic heterocycles.